The Kier molecular flexibility index (Phi) is 5.77. The predicted octanol–water partition coefficient (Wildman–Crippen LogP) is 3.28. The average Bonchev–Trinajstić information content (AvgIpc) is 3.08. The van der Waals surface area contributed by atoms with E-state index in [0.29, 0.717) is 6.54 Å². The monoisotopic (exact) mass is 340 g/mol. The van der Waals surface area contributed by atoms with Crippen molar-refractivity contribution in [2.45, 2.75) is 32.2 Å². The molecule has 2 N–H and O–H groups in total. The lowest BCUT2D eigenvalue weighted by atomic mass is 9.99. The lowest BCUT2D eigenvalue weighted by Gasteiger charge is -2.20. The summed E-state index contributed by atoms with van der Waals surface area (Å²) in [6.07, 6.45) is 2.42. The fourth-order valence-electron chi connectivity index (χ4n) is 2.90. The lowest BCUT2D eigenvalue weighted by molar-refractivity contribution is 0.174. The zero-order chi connectivity index (χ0) is 17.5. The van der Waals surface area contributed by atoms with Gasteiger partial charge in [0.1, 0.15) is 0 Å². The molecule has 1 atom stereocenters. The summed E-state index contributed by atoms with van der Waals surface area (Å²) >= 11 is 0. The molecule has 0 saturated heterocycles. The number of nitrogens with one attached hydrogen (secondary N) is 2. The Morgan fingerprint density at radius 1 is 1.04 bits per heavy atom. The highest BCUT2D eigenvalue weighted by atomic mass is 16.7. The topological polar surface area (TPSA) is 59.6 Å². The highest BCUT2D eigenvalue weighted by Gasteiger charge is 2.17. The van der Waals surface area contributed by atoms with E-state index in [1.807, 2.05) is 43.3 Å². The summed E-state index contributed by atoms with van der Waals surface area (Å²) in [7, 11) is 0. The van der Waals surface area contributed by atoms with Crippen LogP contribution in [0.25, 0.3) is 0 Å². The molecular formula is C20H24N2O3. The van der Waals surface area contributed by atoms with Crippen LogP contribution in [0.5, 0.6) is 11.5 Å². The molecule has 1 aliphatic heterocycles. The van der Waals surface area contributed by atoms with E-state index in [9.17, 15) is 4.79 Å². The molecule has 1 heterocycles. The predicted molar refractivity (Wildman–Crippen MR) is 97.0 cm³/mol. The first-order valence-electron chi connectivity index (χ1n) is 8.71. The van der Waals surface area contributed by atoms with E-state index in [2.05, 4.69) is 22.8 Å². The van der Waals surface area contributed by atoms with Crippen LogP contribution in [-0.2, 0) is 12.8 Å². The van der Waals surface area contributed by atoms with Gasteiger partial charge in [0.15, 0.2) is 11.5 Å². The van der Waals surface area contributed by atoms with Crippen molar-refractivity contribution in [1.29, 1.82) is 0 Å². The molecule has 0 unspecified atom stereocenters. The number of ether oxygens (including phenoxy) is 2. The maximum atomic E-state index is 12.1. The standard InChI is InChI=1S/C20H24N2O3/c1-2-10-21-20(23)22-17(11-15-6-4-3-5-7-15)12-16-8-9-18-19(13-16)25-14-24-18/h3-9,13,17H,2,10-12,14H2,1H3,(H2,21,22,23)/t17-/m0/s1. The lowest BCUT2D eigenvalue weighted by Crippen LogP contribution is -2.44. The van der Waals surface area contributed by atoms with Gasteiger partial charge in [-0.15, -0.1) is 0 Å². The largest absolute Gasteiger partial charge is 0.454 e. The summed E-state index contributed by atoms with van der Waals surface area (Å²) in [4.78, 5) is 12.1. The Bertz CT molecular complexity index is 703. The van der Waals surface area contributed by atoms with E-state index in [1.54, 1.807) is 0 Å². The third-order valence-corrected chi connectivity index (χ3v) is 4.11. The first-order valence-corrected chi connectivity index (χ1v) is 8.71. The fourth-order valence-corrected chi connectivity index (χ4v) is 2.90. The molecule has 0 saturated carbocycles. The van der Waals surface area contributed by atoms with Gasteiger partial charge in [-0.1, -0.05) is 43.3 Å². The van der Waals surface area contributed by atoms with Crippen LogP contribution >= 0.6 is 0 Å². The quantitative estimate of drug-likeness (QED) is 0.813. The van der Waals surface area contributed by atoms with Gasteiger partial charge in [0.2, 0.25) is 6.79 Å². The van der Waals surface area contributed by atoms with E-state index in [4.69, 9.17) is 9.47 Å². The van der Waals surface area contributed by atoms with Crippen LogP contribution in [0, 0.1) is 0 Å². The average molecular weight is 340 g/mol. The van der Waals surface area contributed by atoms with Gasteiger partial charge >= 0.3 is 6.03 Å². The van der Waals surface area contributed by atoms with Crippen molar-refractivity contribution in [3.8, 4) is 11.5 Å². The molecule has 0 aromatic heterocycles. The molecule has 2 aromatic rings. The zero-order valence-corrected chi connectivity index (χ0v) is 14.5. The molecule has 3 rings (SSSR count). The Morgan fingerprint density at radius 2 is 1.80 bits per heavy atom. The van der Waals surface area contributed by atoms with E-state index >= 15 is 0 Å². The molecule has 0 aliphatic carbocycles. The number of hydrogen-bond acceptors (Lipinski definition) is 3. The number of amides is 2. The molecule has 2 aromatic carbocycles. The van der Waals surface area contributed by atoms with Crippen molar-refractivity contribution in [2.24, 2.45) is 0 Å². The number of hydrogen-bond donors (Lipinski definition) is 2. The maximum absolute atomic E-state index is 12.1. The summed E-state index contributed by atoms with van der Waals surface area (Å²) in [5.74, 6) is 1.54. The number of urea groups is 1. The molecule has 0 radical (unpaired) electrons. The van der Waals surface area contributed by atoms with Crippen molar-refractivity contribution >= 4 is 6.03 Å². The summed E-state index contributed by atoms with van der Waals surface area (Å²) in [6.45, 7) is 2.98. The second-order valence-electron chi connectivity index (χ2n) is 6.18. The molecular weight excluding hydrogens is 316 g/mol. The third-order valence-electron chi connectivity index (χ3n) is 4.11. The Morgan fingerprint density at radius 3 is 2.60 bits per heavy atom. The molecule has 5 nitrogen and oxygen atoms in total. The number of rotatable bonds is 7. The SMILES string of the molecule is CCCNC(=O)N[C@@H](Cc1ccccc1)Cc1ccc2c(c1)OCO2. The van der Waals surface area contributed by atoms with Crippen LogP contribution in [0.15, 0.2) is 48.5 Å². The summed E-state index contributed by atoms with van der Waals surface area (Å²) in [6, 6.07) is 16.0. The molecule has 2 amide bonds. The van der Waals surface area contributed by atoms with Crippen LogP contribution in [0.4, 0.5) is 4.79 Å². The molecule has 0 bridgehead atoms. The highest BCUT2D eigenvalue weighted by molar-refractivity contribution is 5.74. The van der Waals surface area contributed by atoms with Crippen molar-refractivity contribution in [3.05, 3.63) is 59.7 Å². The smallest absolute Gasteiger partial charge is 0.315 e. The van der Waals surface area contributed by atoms with Gasteiger partial charge in [-0.3, -0.25) is 0 Å². The van der Waals surface area contributed by atoms with E-state index in [0.717, 1.165) is 36.3 Å². The summed E-state index contributed by atoms with van der Waals surface area (Å²) in [5, 5.41) is 5.98. The zero-order valence-electron chi connectivity index (χ0n) is 14.5. The summed E-state index contributed by atoms with van der Waals surface area (Å²) in [5.41, 5.74) is 2.31. The van der Waals surface area contributed by atoms with Gasteiger partial charge in [0.25, 0.3) is 0 Å². The van der Waals surface area contributed by atoms with Crippen molar-refractivity contribution < 1.29 is 14.3 Å². The Balaban J connectivity index is 1.69. The van der Waals surface area contributed by atoms with Crippen LogP contribution in [0.1, 0.15) is 24.5 Å². The van der Waals surface area contributed by atoms with E-state index in [-0.39, 0.29) is 18.9 Å². The van der Waals surface area contributed by atoms with Crippen molar-refractivity contribution in [1.82, 2.24) is 10.6 Å². The molecule has 25 heavy (non-hydrogen) atoms. The minimum Gasteiger partial charge on any atom is -0.454 e. The van der Waals surface area contributed by atoms with Gasteiger partial charge in [0, 0.05) is 12.6 Å². The van der Waals surface area contributed by atoms with Gasteiger partial charge < -0.3 is 20.1 Å². The fraction of sp³-hybridized carbons (Fsp3) is 0.350. The first kappa shape index (κ1) is 17.1. The van der Waals surface area contributed by atoms with Crippen molar-refractivity contribution in [3.63, 3.8) is 0 Å². The molecule has 5 heteroatoms. The molecule has 0 fully saturated rings. The highest BCUT2D eigenvalue weighted by Crippen LogP contribution is 2.32. The molecule has 1 aliphatic rings. The number of benzene rings is 2. The van der Waals surface area contributed by atoms with Crippen LogP contribution in [-0.4, -0.2) is 25.4 Å². The second kappa shape index (κ2) is 8.42. The normalized spacial score (nSPS) is 13.3. The minimum atomic E-state index is -0.122. The second-order valence-corrected chi connectivity index (χ2v) is 6.18. The third kappa shape index (κ3) is 4.89. The van der Waals surface area contributed by atoms with Gasteiger partial charge in [-0.25, -0.2) is 4.79 Å². The van der Waals surface area contributed by atoms with Gasteiger partial charge in [-0.2, -0.15) is 0 Å². The summed E-state index contributed by atoms with van der Waals surface area (Å²) < 4.78 is 10.8. The van der Waals surface area contributed by atoms with Crippen molar-refractivity contribution in [2.75, 3.05) is 13.3 Å². The Labute approximate surface area is 148 Å². The number of carbonyl (C=O) groups is 1. The number of carbonyl (C=O) groups excluding carboxylic acids is 1. The minimum absolute atomic E-state index is 0.000345. The van der Waals surface area contributed by atoms with E-state index < -0.39 is 0 Å². The molecule has 132 valence electrons. The van der Waals surface area contributed by atoms with E-state index in [1.165, 1.54) is 5.56 Å². The first-order chi connectivity index (χ1) is 12.2. The van der Waals surface area contributed by atoms with Crippen LogP contribution < -0.4 is 20.1 Å². The Hall–Kier alpha value is -2.69. The van der Waals surface area contributed by atoms with Gasteiger partial charge in [0.05, 0.1) is 0 Å². The van der Waals surface area contributed by atoms with Crippen LogP contribution in [0.2, 0.25) is 0 Å². The van der Waals surface area contributed by atoms with Gasteiger partial charge in [-0.05, 0) is 42.5 Å². The molecule has 0 spiro atoms. The number of fused-ring (bicyclic) bond motifs is 1. The van der Waals surface area contributed by atoms with Crippen LogP contribution in [0.3, 0.4) is 0 Å². The maximum Gasteiger partial charge on any atom is 0.315 e.